The Balaban J connectivity index is 1.74. The highest BCUT2D eigenvalue weighted by Gasteiger charge is 2.34. The molecular weight excluding hydrogens is 386 g/mol. The smallest absolute Gasteiger partial charge is 0.260 e. The van der Waals surface area contributed by atoms with Gasteiger partial charge in [0, 0.05) is 28.4 Å². The predicted molar refractivity (Wildman–Crippen MR) is 108 cm³/mol. The average molecular weight is 410 g/mol. The summed E-state index contributed by atoms with van der Waals surface area (Å²) in [4.78, 5) is 14.5. The molecule has 1 saturated heterocycles. The van der Waals surface area contributed by atoms with E-state index in [0.29, 0.717) is 23.7 Å². The average Bonchev–Trinajstić information content (AvgIpc) is 3.01. The Morgan fingerprint density at radius 1 is 1.22 bits per heavy atom. The minimum Gasteiger partial charge on any atom is -0.483 e. The monoisotopic (exact) mass is 409 g/mol. The topological polar surface area (TPSA) is 63.7 Å². The molecule has 0 radical (unpaired) electrons. The second kappa shape index (κ2) is 8.48. The second-order valence-electron chi connectivity index (χ2n) is 6.88. The van der Waals surface area contributed by atoms with Crippen molar-refractivity contribution >= 4 is 38.1 Å². The molecule has 2 aromatic carbocycles. The highest BCUT2D eigenvalue weighted by atomic mass is 35.5. The molecule has 1 aliphatic rings. The van der Waals surface area contributed by atoms with Crippen molar-refractivity contribution in [1.29, 1.82) is 0 Å². The van der Waals surface area contributed by atoms with E-state index in [1.165, 1.54) is 0 Å². The minimum absolute atomic E-state index is 0.0479. The largest absolute Gasteiger partial charge is 0.483 e. The maximum Gasteiger partial charge on any atom is 0.260 e. The quantitative estimate of drug-likeness (QED) is 0.699. The molecule has 2 aromatic rings. The molecule has 0 spiro atoms. The van der Waals surface area contributed by atoms with Gasteiger partial charge in [0.2, 0.25) is 0 Å². The number of rotatable bonds is 7. The van der Waals surface area contributed by atoms with Crippen LogP contribution in [0.15, 0.2) is 36.4 Å². The van der Waals surface area contributed by atoms with Gasteiger partial charge in [-0.25, -0.2) is 8.42 Å². The lowest BCUT2D eigenvalue weighted by Gasteiger charge is -2.28. The zero-order chi connectivity index (χ0) is 19.4. The second-order valence-corrected chi connectivity index (χ2v) is 9.51. The number of fused-ring (bicyclic) bond motifs is 1. The Morgan fingerprint density at radius 2 is 1.96 bits per heavy atom. The lowest BCUT2D eigenvalue weighted by Crippen LogP contribution is -2.44. The fourth-order valence-electron chi connectivity index (χ4n) is 3.44. The Bertz CT molecular complexity index is 929. The molecule has 1 amide bonds. The van der Waals surface area contributed by atoms with Crippen molar-refractivity contribution in [3.8, 4) is 5.75 Å². The Hall–Kier alpha value is -1.79. The van der Waals surface area contributed by atoms with Gasteiger partial charge >= 0.3 is 0 Å². The summed E-state index contributed by atoms with van der Waals surface area (Å²) in [5, 5.41) is 2.35. The van der Waals surface area contributed by atoms with Crippen LogP contribution >= 0.6 is 11.6 Å². The summed E-state index contributed by atoms with van der Waals surface area (Å²) in [6, 6.07) is 10.9. The number of nitrogens with zero attached hydrogens (tertiary/aromatic N) is 1. The van der Waals surface area contributed by atoms with Crippen molar-refractivity contribution in [2.75, 3.05) is 24.7 Å². The van der Waals surface area contributed by atoms with Crippen LogP contribution in [0.3, 0.4) is 0 Å². The van der Waals surface area contributed by atoms with E-state index in [0.717, 1.165) is 23.6 Å². The lowest BCUT2D eigenvalue weighted by atomic mass is 10.1. The van der Waals surface area contributed by atoms with Crippen LogP contribution in [-0.2, 0) is 14.6 Å². The minimum atomic E-state index is -3.05. The zero-order valence-corrected chi connectivity index (χ0v) is 16.9. The first-order chi connectivity index (χ1) is 12.9. The van der Waals surface area contributed by atoms with Crippen LogP contribution in [-0.4, -0.2) is 49.9 Å². The van der Waals surface area contributed by atoms with Gasteiger partial charge in [0.1, 0.15) is 5.75 Å². The zero-order valence-electron chi connectivity index (χ0n) is 15.4. The number of sulfone groups is 1. The van der Waals surface area contributed by atoms with Crippen LogP contribution in [0.1, 0.15) is 26.2 Å². The van der Waals surface area contributed by atoms with Crippen molar-refractivity contribution in [2.45, 2.75) is 32.2 Å². The van der Waals surface area contributed by atoms with Gasteiger partial charge in [-0.05, 0) is 25.0 Å². The van der Waals surface area contributed by atoms with Crippen molar-refractivity contribution in [3.63, 3.8) is 0 Å². The van der Waals surface area contributed by atoms with E-state index in [1.807, 2.05) is 31.2 Å². The van der Waals surface area contributed by atoms with E-state index in [-0.39, 0.29) is 30.1 Å². The van der Waals surface area contributed by atoms with E-state index >= 15 is 0 Å². The molecule has 0 aliphatic carbocycles. The summed E-state index contributed by atoms with van der Waals surface area (Å²) in [7, 11) is -3.05. The van der Waals surface area contributed by atoms with Crippen LogP contribution in [0, 0.1) is 0 Å². The van der Waals surface area contributed by atoms with Gasteiger partial charge in [-0.1, -0.05) is 49.2 Å². The standard InChI is InChI=1S/C20H24ClNO4S/c1-2-3-11-22(15-10-12-27(24,25)14-15)20(23)13-26-19-9-8-18(21)16-6-4-5-7-17(16)19/h4-9,15H,2-3,10-14H2,1H3/t15-/m1/s1. The number of benzene rings is 2. The molecule has 27 heavy (non-hydrogen) atoms. The Morgan fingerprint density at radius 3 is 2.63 bits per heavy atom. The first-order valence-corrected chi connectivity index (χ1v) is 11.4. The molecular formula is C20H24ClNO4S. The van der Waals surface area contributed by atoms with Gasteiger partial charge < -0.3 is 9.64 Å². The molecule has 5 nitrogen and oxygen atoms in total. The van der Waals surface area contributed by atoms with E-state index in [4.69, 9.17) is 16.3 Å². The van der Waals surface area contributed by atoms with Gasteiger partial charge in [-0.15, -0.1) is 0 Å². The number of hydrogen-bond acceptors (Lipinski definition) is 4. The third-order valence-electron chi connectivity index (χ3n) is 4.90. The summed E-state index contributed by atoms with van der Waals surface area (Å²) in [6.45, 7) is 2.48. The number of carbonyl (C=O) groups is 1. The highest BCUT2D eigenvalue weighted by Crippen LogP contribution is 2.31. The van der Waals surface area contributed by atoms with Crippen LogP contribution in [0.25, 0.3) is 10.8 Å². The maximum absolute atomic E-state index is 12.8. The maximum atomic E-state index is 12.8. The van der Waals surface area contributed by atoms with E-state index in [9.17, 15) is 13.2 Å². The molecule has 146 valence electrons. The number of amides is 1. The van der Waals surface area contributed by atoms with Crippen LogP contribution in [0.5, 0.6) is 5.75 Å². The van der Waals surface area contributed by atoms with Gasteiger partial charge in [0.15, 0.2) is 16.4 Å². The molecule has 1 atom stereocenters. The summed E-state index contributed by atoms with van der Waals surface area (Å²) in [6.07, 6.45) is 2.28. The predicted octanol–water partition coefficient (Wildman–Crippen LogP) is 3.69. The molecule has 1 aliphatic heterocycles. The van der Waals surface area contributed by atoms with E-state index in [2.05, 4.69) is 0 Å². The van der Waals surface area contributed by atoms with E-state index in [1.54, 1.807) is 17.0 Å². The Kier molecular flexibility index (Phi) is 6.27. The molecule has 0 aromatic heterocycles. The molecule has 0 saturated carbocycles. The summed E-state index contributed by atoms with van der Waals surface area (Å²) in [5.41, 5.74) is 0. The molecule has 0 N–H and O–H groups in total. The normalized spacial score (nSPS) is 18.5. The Labute approximate surface area is 165 Å². The van der Waals surface area contributed by atoms with Crippen molar-refractivity contribution in [1.82, 2.24) is 4.90 Å². The van der Waals surface area contributed by atoms with Crippen molar-refractivity contribution < 1.29 is 17.9 Å². The third-order valence-corrected chi connectivity index (χ3v) is 6.98. The van der Waals surface area contributed by atoms with Crippen LogP contribution < -0.4 is 4.74 Å². The number of carbonyl (C=O) groups excluding carboxylic acids is 1. The van der Waals surface area contributed by atoms with Crippen molar-refractivity contribution in [2.24, 2.45) is 0 Å². The van der Waals surface area contributed by atoms with Crippen molar-refractivity contribution in [3.05, 3.63) is 41.4 Å². The lowest BCUT2D eigenvalue weighted by molar-refractivity contribution is -0.135. The van der Waals surface area contributed by atoms with Gasteiger partial charge in [-0.3, -0.25) is 4.79 Å². The van der Waals surface area contributed by atoms with Crippen LogP contribution in [0.2, 0.25) is 5.02 Å². The van der Waals surface area contributed by atoms with E-state index < -0.39 is 9.84 Å². The fourth-order valence-corrected chi connectivity index (χ4v) is 5.40. The number of halogens is 1. The van der Waals surface area contributed by atoms with Gasteiger partial charge in [-0.2, -0.15) is 0 Å². The first kappa shape index (κ1) is 20.0. The number of ether oxygens (including phenoxy) is 1. The molecule has 3 rings (SSSR count). The van der Waals surface area contributed by atoms with Gasteiger partial charge in [0.25, 0.3) is 5.91 Å². The summed E-state index contributed by atoms with van der Waals surface area (Å²) in [5.74, 6) is 0.616. The molecule has 1 fully saturated rings. The SMILES string of the molecule is CCCCN(C(=O)COc1ccc(Cl)c2ccccc12)[C@@H]1CCS(=O)(=O)C1. The molecule has 1 heterocycles. The summed E-state index contributed by atoms with van der Waals surface area (Å²) >= 11 is 6.22. The first-order valence-electron chi connectivity index (χ1n) is 9.21. The summed E-state index contributed by atoms with van der Waals surface area (Å²) < 4.78 is 29.4. The molecule has 0 unspecified atom stereocenters. The molecule has 0 bridgehead atoms. The molecule has 7 heteroatoms. The highest BCUT2D eigenvalue weighted by molar-refractivity contribution is 7.91. The fraction of sp³-hybridized carbons (Fsp3) is 0.450. The van der Waals surface area contributed by atoms with Gasteiger partial charge in [0.05, 0.1) is 11.5 Å². The van der Waals surface area contributed by atoms with Crippen LogP contribution in [0.4, 0.5) is 0 Å². The number of hydrogen-bond donors (Lipinski definition) is 0. The number of unbranched alkanes of at least 4 members (excludes halogenated alkanes) is 1. The third kappa shape index (κ3) is 4.74.